The molecule has 35 heavy (non-hydrogen) atoms. The van der Waals surface area contributed by atoms with Crippen LogP contribution in [0, 0.1) is 0 Å². The van der Waals surface area contributed by atoms with E-state index < -0.39 is 0 Å². The number of carbonyl (C=O) groups excluding carboxylic acids is 2. The summed E-state index contributed by atoms with van der Waals surface area (Å²) in [5.41, 5.74) is 1.39. The lowest BCUT2D eigenvalue weighted by molar-refractivity contribution is -0.124. The minimum absolute atomic E-state index is 0.0251. The average Bonchev–Trinajstić information content (AvgIpc) is 3.12. The van der Waals surface area contributed by atoms with Gasteiger partial charge >= 0.3 is 0 Å². The number of carbonyl (C=O) groups is 2. The Hall–Kier alpha value is -2.55. The van der Waals surface area contributed by atoms with Crippen LogP contribution in [0.5, 0.6) is 11.5 Å². The molecular formula is C26H27ClN2O4S2. The van der Waals surface area contributed by atoms with Crippen LogP contribution in [0.15, 0.2) is 47.4 Å². The Morgan fingerprint density at radius 1 is 1.17 bits per heavy atom. The molecule has 9 heteroatoms. The molecule has 0 bridgehead atoms. The van der Waals surface area contributed by atoms with Crippen LogP contribution >= 0.6 is 35.6 Å². The molecule has 184 valence electrons. The van der Waals surface area contributed by atoms with Crippen molar-refractivity contribution in [1.82, 2.24) is 4.90 Å². The first kappa shape index (κ1) is 25.5. The molecule has 0 aromatic heterocycles. The molecule has 2 aromatic carbocycles. The van der Waals surface area contributed by atoms with Crippen molar-refractivity contribution in [1.29, 1.82) is 0 Å². The van der Waals surface area contributed by atoms with Crippen molar-refractivity contribution in [2.75, 3.05) is 18.5 Å². The normalized spacial score (nSPS) is 17.7. The summed E-state index contributed by atoms with van der Waals surface area (Å²) in [5, 5.41) is 3.28. The zero-order valence-electron chi connectivity index (χ0n) is 19.4. The van der Waals surface area contributed by atoms with Gasteiger partial charge in [0.2, 0.25) is 0 Å². The van der Waals surface area contributed by atoms with Gasteiger partial charge in [0.25, 0.3) is 11.8 Å². The molecule has 2 fully saturated rings. The van der Waals surface area contributed by atoms with E-state index >= 15 is 0 Å². The highest BCUT2D eigenvalue weighted by atomic mass is 35.5. The first-order chi connectivity index (χ1) is 16.9. The minimum Gasteiger partial charge on any atom is -0.490 e. The van der Waals surface area contributed by atoms with E-state index in [-0.39, 0.29) is 24.5 Å². The van der Waals surface area contributed by atoms with Crippen LogP contribution in [-0.4, -0.2) is 40.3 Å². The summed E-state index contributed by atoms with van der Waals surface area (Å²) in [7, 11) is 0. The van der Waals surface area contributed by atoms with Crippen LogP contribution < -0.4 is 14.8 Å². The van der Waals surface area contributed by atoms with Gasteiger partial charge in [-0.3, -0.25) is 14.5 Å². The first-order valence-corrected chi connectivity index (χ1v) is 13.3. The summed E-state index contributed by atoms with van der Waals surface area (Å²) in [6, 6.07) is 12.5. The number of halogens is 1. The molecule has 0 unspecified atom stereocenters. The smallest absolute Gasteiger partial charge is 0.266 e. The molecule has 1 heterocycles. The molecule has 1 aliphatic carbocycles. The predicted octanol–water partition coefficient (Wildman–Crippen LogP) is 6.29. The Morgan fingerprint density at radius 2 is 1.97 bits per heavy atom. The maximum absolute atomic E-state index is 13.1. The fraction of sp³-hybridized carbons (Fsp3) is 0.346. The maximum atomic E-state index is 13.1. The first-order valence-electron chi connectivity index (χ1n) is 11.7. The number of amides is 2. The third-order valence-electron chi connectivity index (χ3n) is 5.80. The van der Waals surface area contributed by atoms with Gasteiger partial charge in [0, 0.05) is 16.8 Å². The summed E-state index contributed by atoms with van der Waals surface area (Å²) in [4.78, 5) is 27.8. The van der Waals surface area contributed by atoms with E-state index in [9.17, 15) is 9.59 Å². The number of benzene rings is 2. The average molecular weight is 531 g/mol. The van der Waals surface area contributed by atoms with Crippen molar-refractivity contribution in [2.45, 2.75) is 45.1 Å². The van der Waals surface area contributed by atoms with Crippen molar-refractivity contribution < 1.29 is 19.1 Å². The van der Waals surface area contributed by atoms with Crippen molar-refractivity contribution in [3.63, 3.8) is 0 Å². The number of thioether (sulfide) groups is 1. The standard InChI is InChI=1S/C26H27ClN2O4S2/c1-2-32-22-13-17(14-23-25(31)29(26(34)35-23)20-9-4-3-5-10-20)11-12-21(22)33-16-24(30)28-19-8-6-7-18(27)15-19/h6-8,11-15,20H,2-5,9-10,16H2,1H3,(H,28,30)/b23-14-. The van der Waals surface area contributed by atoms with Gasteiger partial charge in [-0.1, -0.05) is 67.0 Å². The zero-order valence-corrected chi connectivity index (χ0v) is 21.8. The van der Waals surface area contributed by atoms with E-state index in [1.807, 2.05) is 19.1 Å². The number of thiocarbonyl (C=S) groups is 1. The lowest BCUT2D eigenvalue weighted by atomic mass is 9.94. The van der Waals surface area contributed by atoms with Crippen LogP contribution in [0.4, 0.5) is 5.69 Å². The van der Waals surface area contributed by atoms with Crippen LogP contribution in [0.3, 0.4) is 0 Å². The third-order valence-corrected chi connectivity index (χ3v) is 7.36. The molecule has 4 rings (SSSR count). The summed E-state index contributed by atoms with van der Waals surface area (Å²) >= 11 is 12.8. The number of hydrogen-bond acceptors (Lipinski definition) is 6. The Balaban J connectivity index is 1.44. The largest absolute Gasteiger partial charge is 0.490 e. The van der Waals surface area contributed by atoms with Gasteiger partial charge in [0.05, 0.1) is 11.5 Å². The van der Waals surface area contributed by atoms with Crippen molar-refractivity contribution >= 4 is 63.5 Å². The van der Waals surface area contributed by atoms with Gasteiger partial charge in [0.15, 0.2) is 18.1 Å². The van der Waals surface area contributed by atoms with Crippen molar-refractivity contribution in [2.24, 2.45) is 0 Å². The second-order valence-electron chi connectivity index (χ2n) is 8.33. The van der Waals surface area contributed by atoms with Gasteiger partial charge in [-0.05, 0) is 61.7 Å². The Morgan fingerprint density at radius 3 is 2.71 bits per heavy atom. The van der Waals surface area contributed by atoms with Gasteiger partial charge in [0.1, 0.15) is 4.32 Å². The predicted molar refractivity (Wildman–Crippen MR) is 145 cm³/mol. The van der Waals surface area contributed by atoms with Crippen LogP contribution in [0.1, 0.15) is 44.6 Å². The zero-order chi connectivity index (χ0) is 24.8. The molecule has 2 amide bonds. The highest BCUT2D eigenvalue weighted by molar-refractivity contribution is 8.26. The summed E-state index contributed by atoms with van der Waals surface area (Å²) in [6.07, 6.45) is 7.34. The highest BCUT2D eigenvalue weighted by Gasteiger charge is 2.37. The van der Waals surface area contributed by atoms with Gasteiger partial charge < -0.3 is 14.8 Å². The monoisotopic (exact) mass is 530 g/mol. The molecule has 1 saturated carbocycles. The number of ether oxygens (including phenoxy) is 2. The van der Waals surface area contributed by atoms with Crippen LogP contribution in [0.25, 0.3) is 6.08 Å². The molecular weight excluding hydrogens is 504 g/mol. The number of anilines is 1. The number of nitrogens with zero attached hydrogens (tertiary/aromatic N) is 1. The number of hydrogen-bond donors (Lipinski definition) is 1. The minimum atomic E-state index is -0.315. The molecule has 2 aliphatic rings. The van der Waals surface area contributed by atoms with Gasteiger partial charge in [-0.2, -0.15) is 0 Å². The topological polar surface area (TPSA) is 67.9 Å². The van der Waals surface area contributed by atoms with Crippen molar-refractivity contribution in [3.8, 4) is 11.5 Å². The second-order valence-corrected chi connectivity index (χ2v) is 10.4. The van der Waals surface area contributed by atoms with E-state index in [4.69, 9.17) is 33.3 Å². The number of rotatable bonds is 8. The molecule has 2 aromatic rings. The highest BCUT2D eigenvalue weighted by Crippen LogP contribution is 2.38. The Labute approximate surface area is 220 Å². The SMILES string of the molecule is CCOc1cc(/C=C2\SC(=S)N(C3CCCCC3)C2=O)ccc1OCC(=O)Nc1cccc(Cl)c1. The number of nitrogens with one attached hydrogen (secondary N) is 1. The van der Waals surface area contributed by atoms with Gasteiger partial charge in [-0.15, -0.1) is 0 Å². The van der Waals surface area contributed by atoms with E-state index in [0.29, 0.717) is 38.0 Å². The maximum Gasteiger partial charge on any atom is 0.266 e. The van der Waals surface area contributed by atoms with E-state index in [1.54, 1.807) is 41.3 Å². The molecule has 0 spiro atoms. The summed E-state index contributed by atoms with van der Waals surface area (Å²) in [5.74, 6) is 0.604. The van der Waals surface area contributed by atoms with Gasteiger partial charge in [-0.25, -0.2) is 0 Å². The van der Waals surface area contributed by atoms with E-state index in [2.05, 4.69) is 5.32 Å². The molecule has 1 saturated heterocycles. The molecule has 6 nitrogen and oxygen atoms in total. The lowest BCUT2D eigenvalue weighted by Crippen LogP contribution is -2.39. The summed E-state index contributed by atoms with van der Waals surface area (Å²) in [6.45, 7) is 2.11. The van der Waals surface area contributed by atoms with Crippen molar-refractivity contribution in [3.05, 3.63) is 58.0 Å². The Kier molecular flexibility index (Phi) is 8.70. The second kappa shape index (κ2) is 11.9. The lowest BCUT2D eigenvalue weighted by Gasteiger charge is -2.29. The van der Waals surface area contributed by atoms with Crippen LogP contribution in [0.2, 0.25) is 5.02 Å². The fourth-order valence-electron chi connectivity index (χ4n) is 4.19. The molecule has 1 aliphatic heterocycles. The van der Waals surface area contributed by atoms with Crippen LogP contribution in [-0.2, 0) is 9.59 Å². The molecule has 0 atom stereocenters. The van der Waals surface area contributed by atoms with E-state index in [0.717, 1.165) is 31.2 Å². The van der Waals surface area contributed by atoms with E-state index in [1.165, 1.54) is 18.2 Å². The fourth-order valence-corrected chi connectivity index (χ4v) is 5.78. The Bertz CT molecular complexity index is 1150. The third kappa shape index (κ3) is 6.57. The molecule has 1 N–H and O–H groups in total. The summed E-state index contributed by atoms with van der Waals surface area (Å²) < 4.78 is 12.1. The quantitative estimate of drug-likeness (QED) is 0.319. The molecule has 0 radical (unpaired) electrons.